The van der Waals surface area contributed by atoms with Gasteiger partial charge in [-0.2, -0.15) is 0 Å². The Morgan fingerprint density at radius 3 is 2.86 bits per heavy atom. The van der Waals surface area contributed by atoms with Crippen molar-refractivity contribution in [2.24, 2.45) is 0 Å². The van der Waals surface area contributed by atoms with Crippen LogP contribution in [0.15, 0.2) is 48.8 Å². The SMILES string of the molecule is CC(=O)SCCC#Cc1cncc(OCc2ccccc2)c1. The van der Waals surface area contributed by atoms with Crippen LogP contribution < -0.4 is 4.74 Å². The van der Waals surface area contributed by atoms with E-state index in [9.17, 15) is 4.79 Å². The summed E-state index contributed by atoms with van der Waals surface area (Å²) in [6.07, 6.45) is 4.07. The minimum atomic E-state index is 0.125. The fourth-order valence-electron chi connectivity index (χ4n) is 1.72. The van der Waals surface area contributed by atoms with Gasteiger partial charge >= 0.3 is 0 Å². The number of pyridine rings is 1. The van der Waals surface area contributed by atoms with Gasteiger partial charge in [0, 0.05) is 30.9 Å². The molecule has 3 nitrogen and oxygen atoms in total. The van der Waals surface area contributed by atoms with E-state index < -0.39 is 0 Å². The van der Waals surface area contributed by atoms with Gasteiger partial charge in [-0.1, -0.05) is 53.9 Å². The van der Waals surface area contributed by atoms with Gasteiger partial charge in [-0.05, 0) is 11.6 Å². The Kier molecular flexibility index (Phi) is 6.53. The van der Waals surface area contributed by atoms with Crippen LogP contribution in [-0.2, 0) is 11.4 Å². The number of hydrogen-bond donors (Lipinski definition) is 0. The minimum absolute atomic E-state index is 0.125. The Hall–Kier alpha value is -2.25. The lowest BCUT2D eigenvalue weighted by atomic mass is 10.2. The third-order valence-corrected chi connectivity index (χ3v) is 3.54. The molecule has 1 aromatic heterocycles. The van der Waals surface area contributed by atoms with Gasteiger partial charge in [-0.15, -0.1) is 0 Å². The largest absolute Gasteiger partial charge is 0.487 e. The summed E-state index contributed by atoms with van der Waals surface area (Å²) in [6.45, 7) is 2.07. The lowest BCUT2D eigenvalue weighted by molar-refractivity contribution is -0.109. The molecular formula is C18H17NO2S. The maximum atomic E-state index is 10.8. The van der Waals surface area contributed by atoms with E-state index in [1.54, 1.807) is 19.3 Å². The van der Waals surface area contributed by atoms with Crippen LogP contribution in [0, 0.1) is 11.8 Å². The molecule has 0 aliphatic heterocycles. The molecular weight excluding hydrogens is 294 g/mol. The Morgan fingerprint density at radius 1 is 1.27 bits per heavy atom. The first-order valence-electron chi connectivity index (χ1n) is 6.98. The molecule has 0 aliphatic rings. The van der Waals surface area contributed by atoms with Crippen LogP contribution in [0.5, 0.6) is 5.75 Å². The molecule has 0 saturated carbocycles. The average molecular weight is 311 g/mol. The van der Waals surface area contributed by atoms with Crippen LogP contribution in [0.1, 0.15) is 24.5 Å². The molecule has 0 radical (unpaired) electrons. The summed E-state index contributed by atoms with van der Waals surface area (Å²) < 4.78 is 5.71. The fourth-order valence-corrected chi connectivity index (χ4v) is 2.21. The number of carbonyl (C=O) groups excluding carboxylic acids is 1. The lowest BCUT2D eigenvalue weighted by Gasteiger charge is -2.05. The van der Waals surface area contributed by atoms with Crippen molar-refractivity contribution in [2.45, 2.75) is 20.0 Å². The zero-order valence-corrected chi connectivity index (χ0v) is 13.2. The van der Waals surface area contributed by atoms with Gasteiger partial charge in [0.1, 0.15) is 12.4 Å². The zero-order valence-electron chi connectivity index (χ0n) is 12.4. The highest BCUT2D eigenvalue weighted by atomic mass is 32.2. The number of benzene rings is 1. The quantitative estimate of drug-likeness (QED) is 0.624. The van der Waals surface area contributed by atoms with Gasteiger partial charge in [-0.25, -0.2) is 0 Å². The summed E-state index contributed by atoms with van der Waals surface area (Å²) in [5.74, 6) is 7.50. The van der Waals surface area contributed by atoms with Gasteiger partial charge in [0.25, 0.3) is 0 Å². The van der Waals surface area contributed by atoms with Crippen molar-refractivity contribution < 1.29 is 9.53 Å². The van der Waals surface area contributed by atoms with Crippen molar-refractivity contribution in [3.63, 3.8) is 0 Å². The summed E-state index contributed by atoms with van der Waals surface area (Å²) in [6, 6.07) is 11.9. The smallest absolute Gasteiger partial charge is 0.185 e. The van der Waals surface area contributed by atoms with Gasteiger partial charge in [0.15, 0.2) is 5.12 Å². The Balaban J connectivity index is 1.87. The number of aromatic nitrogens is 1. The zero-order chi connectivity index (χ0) is 15.6. The average Bonchev–Trinajstić information content (AvgIpc) is 2.54. The van der Waals surface area contributed by atoms with E-state index in [-0.39, 0.29) is 5.12 Å². The normalized spacial score (nSPS) is 9.68. The van der Waals surface area contributed by atoms with E-state index in [1.165, 1.54) is 11.8 Å². The molecule has 0 saturated heterocycles. The number of rotatable bonds is 5. The Bertz CT molecular complexity index is 674. The highest BCUT2D eigenvalue weighted by molar-refractivity contribution is 8.13. The second kappa shape index (κ2) is 8.91. The highest BCUT2D eigenvalue weighted by Crippen LogP contribution is 2.13. The number of carbonyl (C=O) groups is 1. The Labute approximate surface area is 135 Å². The van der Waals surface area contributed by atoms with Gasteiger partial charge < -0.3 is 4.74 Å². The van der Waals surface area contributed by atoms with Crippen molar-refractivity contribution in [1.82, 2.24) is 4.98 Å². The van der Waals surface area contributed by atoms with Crippen molar-refractivity contribution >= 4 is 16.9 Å². The molecule has 2 aromatic rings. The van der Waals surface area contributed by atoms with E-state index >= 15 is 0 Å². The highest BCUT2D eigenvalue weighted by Gasteiger charge is 1.97. The topological polar surface area (TPSA) is 39.2 Å². The van der Waals surface area contributed by atoms with Crippen LogP contribution in [0.4, 0.5) is 0 Å². The fraction of sp³-hybridized carbons (Fsp3) is 0.222. The van der Waals surface area contributed by atoms with Crippen molar-refractivity contribution in [2.75, 3.05) is 5.75 Å². The summed E-state index contributed by atoms with van der Waals surface area (Å²) in [4.78, 5) is 14.9. The number of thioether (sulfide) groups is 1. The Morgan fingerprint density at radius 2 is 2.09 bits per heavy atom. The summed E-state index contributed by atoms with van der Waals surface area (Å²) >= 11 is 1.29. The van der Waals surface area contributed by atoms with E-state index in [2.05, 4.69) is 16.8 Å². The molecule has 0 aliphatic carbocycles. The van der Waals surface area contributed by atoms with Crippen LogP contribution in [0.3, 0.4) is 0 Å². The van der Waals surface area contributed by atoms with E-state index in [0.29, 0.717) is 18.8 Å². The molecule has 0 atom stereocenters. The minimum Gasteiger partial charge on any atom is -0.487 e. The maximum absolute atomic E-state index is 10.8. The lowest BCUT2D eigenvalue weighted by Crippen LogP contribution is -1.95. The molecule has 112 valence electrons. The monoisotopic (exact) mass is 311 g/mol. The molecule has 2 rings (SSSR count). The molecule has 0 amide bonds. The van der Waals surface area contributed by atoms with Gasteiger partial charge in [0.05, 0.1) is 6.20 Å². The molecule has 1 aromatic carbocycles. The second-order valence-corrected chi connectivity index (χ2v) is 5.85. The maximum Gasteiger partial charge on any atom is 0.185 e. The summed E-state index contributed by atoms with van der Waals surface area (Å²) in [5, 5.41) is 0.125. The molecule has 0 fully saturated rings. The molecule has 4 heteroatoms. The van der Waals surface area contributed by atoms with Crippen molar-refractivity contribution in [3.8, 4) is 17.6 Å². The first-order valence-corrected chi connectivity index (χ1v) is 7.96. The van der Waals surface area contributed by atoms with Crippen LogP contribution in [0.25, 0.3) is 0 Å². The van der Waals surface area contributed by atoms with Crippen LogP contribution >= 0.6 is 11.8 Å². The first kappa shape index (κ1) is 16.1. The van der Waals surface area contributed by atoms with Crippen molar-refractivity contribution in [3.05, 3.63) is 59.9 Å². The predicted octanol–water partition coefficient (Wildman–Crippen LogP) is 3.68. The standard InChI is InChI=1S/C18H17NO2S/c1-15(20)22-10-6-5-9-17-11-18(13-19-12-17)21-14-16-7-3-2-4-8-16/h2-4,7-8,11-13H,6,10,14H2,1H3. The van der Waals surface area contributed by atoms with Gasteiger partial charge in [0.2, 0.25) is 0 Å². The third-order valence-electron chi connectivity index (χ3n) is 2.73. The first-order chi connectivity index (χ1) is 10.7. The molecule has 0 N–H and O–H groups in total. The third kappa shape index (κ3) is 6.02. The van der Waals surface area contributed by atoms with Crippen LogP contribution in [0.2, 0.25) is 0 Å². The summed E-state index contributed by atoms with van der Waals surface area (Å²) in [7, 11) is 0. The number of ether oxygens (including phenoxy) is 1. The molecule has 0 spiro atoms. The molecule has 1 heterocycles. The molecule has 22 heavy (non-hydrogen) atoms. The van der Waals surface area contributed by atoms with Gasteiger partial charge in [-0.3, -0.25) is 9.78 Å². The van der Waals surface area contributed by atoms with E-state index in [0.717, 1.165) is 16.9 Å². The van der Waals surface area contributed by atoms with E-state index in [1.807, 2.05) is 36.4 Å². The summed E-state index contributed by atoms with van der Waals surface area (Å²) in [5.41, 5.74) is 1.93. The van der Waals surface area contributed by atoms with Crippen LogP contribution in [-0.4, -0.2) is 15.9 Å². The number of nitrogens with zero attached hydrogens (tertiary/aromatic N) is 1. The molecule has 0 bridgehead atoms. The number of hydrogen-bond acceptors (Lipinski definition) is 4. The van der Waals surface area contributed by atoms with E-state index in [4.69, 9.17) is 4.74 Å². The molecule has 0 unspecified atom stereocenters. The van der Waals surface area contributed by atoms with Crippen molar-refractivity contribution in [1.29, 1.82) is 0 Å². The second-order valence-electron chi connectivity index (χ2n) is 4.58. The predicted molar refractivity (Wildman–Crippen MR) is 89.6 cm³/mol.